The first-order valence-electron chi connectivity index (χ1n) is 11.9. The smallest absolute Gasteiger partial charge is 0.300 e. The van der Waals surface area contributed by atoms with Crippen molar-refractivity contribution in [2.45, 2.75) is 32.7 Å². The topological polar surface area (TPSA) is 96.3 Å². The molecule has 1 aliphatic heterocycles. The second-order valence-electron chi connectivity index (χ2n) is 8.92. The summed E-state index contributed by atoms with van der Waals surface area (Å²) in [5, 5.41) is 21.8. The van der Waals surface area contributed by atoms with Crippen molar-refractivity contribution in [3.8, 4) is 17.2 Å². The van der Waals surface area contributed by atoms with E-state index >= 15 is 0 Å². The Morgan fingerprint density at radius 2 is 1.73 bits per heavy atom. The number of hydrogen-bond donors (Lipinski definition) is 2. The number of aliphatic hydroxyl groups excluding tert-OH is 1. The highest BCUT2D eigenvalue weighted by atomic mass is 35.5. The normalized spacial score (nSPS) is 16.9. The number of carbonyl (C=O) groups is 2. The van der Waals surface area contributed by atoms with E-state index in [9.17, 15) is 19.8 Å². The number of phenolic OH excluding ortho intramolecular Hbond substituents is 1. The number of aromatic hydroxyl groups is 1. The first kappa shape index (κ1) is 26.1. The Labute approximate surface area is 220 Å². The number of nitrogens with zero attached hydrogens (tertiary/aromatic N) is 1. The summed E-state index contributed by atoms with van der Waals surface area (Å²) in [6.45, 7) is 6.21. The number of carbonyl (C=O) groups excluding carboxylic acids is 2. The van der Waals surface area contributed by atoms with Gasteiger partial charge in [-0.2, -0.15) is 0 Å². The minimum Gasteiger partial charge on any atom is -0.507 e. The predicted octanol–water partition coefficient (Wildman–Crippen LogP) is 6.20. The Balaban J connectivity index is 1.94. The number of ketones is 1. The molecule has 8 heteroatoms. The molecule has 1 heterocycles. The third-order valence-corrected chi connectivity index (χ3v) is 6.60. The molecule has 3 aromatic rings. The molecule has 4 rings (SSSR count). The van der Waals surface area contributed by atoms with Crippen LogP contribution in [0.15, 0.2) is 66.2 Å². The van der Waals surface area contributed by atoms with Gasteiger partial charge < -0.3 is 19.7 Å². The number of halogens is 1. The number of rotatable bonds is 7. The molecule has 2 N–H and O–H groups in total. The van der Waals surface area contributed by atoms with Crippen molar-refractivity contribution in [3.63, 3.8) is 0 Å². The number of aliphatic hydroxyl groups is 1. The van der Waals surface area contributed by atoms with E-state index in [1.54, 1.807) is 43.3 Å². The molecule has 0 saturated carbocycles. The molecule has 1 atom stereocenters. The average molecular weight is 522 g/mol. The summed E-state index contributed by atoms with van der Waals surface area (Å²) in [5.41, 5.74) is 2.21. The lowest BCUT2D eigenvalue weighted by molar-refractivity contribution is -0.132. The number of amides is 1. The van der Waals surface area contributed by atoms with Crippen LogP contribution < -0.4 is 14.4 Å². The molecule has 1 amide bonds. The van der Waals surface area contributed by atoms with Crippen LogP contribution >= 0.6 is 11.6 Å². The first-order valence-corrected chi connectivity index (χ1v) is 12.3. The van der Waals surface area contributed by atoms with Gasteiger partial charge in [-0.25, -0.2) is 0 Å². The lowest BCUT2D eigenvalue weighted by Gasteiger charge is -2.26. The molecular formula is C29H28ClNO6. The molecule has 0 bridgehead atoms. The van der Waals surface area contributed by atoms with Crippen molar-refractivity contribution < 1.29 is 29.3 Å². The standard InChI is InChI=1S/C29H28ClNO6/c1-5-37-24-15-18(8-12-22(24)32)26-25(27(33)19-9-13-23(36-4)21(30)14-19)28(34)29(35)31(26)20-10-6-17(7-11-20)16(2)3/h6-16,26,32-33H,5H2,1-4H3/b27-25-. The van der Waals surface area contributed by atoms with Crippen LogP contribution in [0.4, 0.5) is 5.69 Å². The van der Waals surface area contributed by atoms with E-state index in [-0.39, 0.29) is 39.3 Å². The van der Waals surface area contributed by atoms with Crippen LogP contribution in [0.2, 0.25) is 5.02 Å². The van der Waals surface area contributed by atoms with Crippen LogP contribution in [0, 0.1) is 0 Å². The first-order chi connectivity index (χ1) is 17.7. The summed E-state index contributed by atoms with van der Waals surface area (Å²) in [4.78, 5) is 28.2. The maximum absolute atomic E-state index is 13.4. The van der Waals surface area contributed by atoms with Crippen molar-refractivity contribution in [1.82, 2.24) is 0 Å². The van der Waals surface area contributed by atoms with Crippen LogP contribution in [0.3, 0.4) is 0 Å². The van der Waals surface area contributed by atoms with Gasteiger partial charge in [-0.1, -0.05) is 43.6 Å². The van der Waals surface area contributed by atoms with Gasteiger partial charge in [0.1, 0.15) is 11.5 Å². The Bertz CT molecular complexity index is 1380. The minimum absolute atomic E-state index is 0.0780. The van der Waals surface area contributed by atoms with E-state index < -0.39 is 17.7 Å². The molecule has 1 aliphatic rings. The van der Waals surface area contributed by atoms with Crippen molar-refractivity contribution in [2.24, 2.45) is 0 Å². The average Bonchev–Trinajstić information content (AvgIpc) is 3.15. The monoisotopic (exact) mass is 521 g/mol. The quantitative estimate of drug-likeness (QED) is 0.218. The third-order valence-electron chi connectivity index (χ3n) is 6.31. The van der Waals surface area contributed by atoms with Crippen LogP contribution in [-0.4, -0.2) is 35.6 Å². The van der Waals surface area contributed by atoms with Crippen molar-refractivity contribution in [1.29, 1.82) is 0 Å². The van der Waals surface area contributed by atoms with E-state index in [1.807, 2.05) is 12.1 Å². The summed E-state index contributed by atoms with van der Waals surface area (Å²) < 4.78 is 10.7. The van der Waals surface area contributed by atoms with Gasteiger partial charge in [0.2, 0.25) is 0 Å². The fourth-order valence-corrected chi connectivity index (χ4v) is 4.63. The Morgan fingerprint density at radius 1 is 1.03 bits per heavy atom. The largest absolute Gasteiger partial charge is 0.507 e. The zero-order valence-corrected chi connectivity index (χ0v) is 21.7. The van der Waals surface area contributed by atoms with Gasteiger partial charge in [-0.05, 0) is 66.4 Å². The fourth-order valence-electron chi connectivity index (χ4n) is 4.38. The number of phenols is 1. The maximum Gasteiger partial charge on any atom is 0.300 e. The van der Waals surface area contributed by atoms with Gasteiger partial charge in [0.15, 0.2) is 11.5 Å². The van der Waals surface area contributed by atoms with E-state index in [1.165, 1.54) is 24.1 Å². The number of anilines is 1. The zero-order valence-electron chi connectivity index (χ0n) is 21.0. The second-order valence-corrected chi connectivity index (χ2v) is 9.33. The van der Waals surface area contributed by atoms with E-state index in [4.69, 9.17) is 21.1 Å². The van der Waals surface area contributed by atoms with E-state index in [2.05, 4.69) is 13.8 Å². The van der Waals surface area contributed by atoms with Crippen LogP contribution in [0.1, 0.15) is 49.4 Å². The highest BCUT2D eigenvalue weighted by Crippen LogP contribution is 2.44. The molecule has 0 aliphatic carbocycles. The van der Waals surface area contributed by atoms with Gasteiger partial charge in [-0.3, -0.25) is 14.5 Å². The number of ether oxygens (including phenoxy) is 2. The van der Waals surface area contributed by atoms with E-state index in [0.29, 0.717) is 23.6 Å². The zero-order chi connectivity index (χ0) is 26.9. The van der Waals surface area contributed by atoms with Gasteiger partial charge in [0, 0.05) is 11.3 Å². The van der Waals surface area contributed by atoms with Gasteiger partial charge in [0.25, 0.3) is 11.7 Å². The summed E-state index contributed by atoms with van der Waals surface area (Å²) in [5.74, 6) is -1.19. The molecular weight excluding hydrogens is 494 g/mol. The summed E-state index contributed by atoms with van der Waals surface area (Å²) in [6, 6.07) is 15.6. The fraction of sp³-hybridized carbons (Fsp3) is 0.241. The van der Waals surface area contributed by atoms with Crippen LogP contribution in [-0.2, 0) is 9.59 Å². The lowest BCUT2D eigenvalue weighted by atomic mass is 9.94. The molecule has 1 saturated heterocycles. The number of methoxy groups -OCH3 is 1. The SMILES string of the molecule is CCOc1cc(C2/C(=C(/O)c3ccc(OC)c(Cl)c3)C(=O)C(=O)N2c2ccc(C(C)C)cc2)ccc1O. The Hall–Kier alpha value is -3.97. The summed E-state index contributed by atoms with van der Waals surface area (Å²) in [7, 11) is 1.47. The van der Waals surface area contributed by atoms with Gasteiger partial charge in [-0.15, -0.1) is 0 Å². The predicted molar refractivity (Wildman–Crippen MR) is 143 cm³/mol. The maximum atomic E-state index is 13.4. The summed E-state index contributed by atoms with van der Waals surface area (Å²) >= 11 is 6.27. The molecule has 0 spiro atoms. The Morgan fingerprint density at radius 3 is 2.32 bits per heavy atom. The highest BCUT2D eigenvalue weighted by Gasteiger charge is 2.47. The second kappa shape index (κ2) is 10.6. The van der Waals surface area contributed by atoms with Crippen molar-refractivity contribution in [3.05, 3.63) is 87.9 Å². The van der Waals surface area contributed by atoms with Gasteiger partial charge >= 0.3 is 0 Å². The molecule has 3 aromatic carbocycles. The molecule has 1 fully saturated rings. The highest BCUT2D eigenvalue weighted by molar-refractivity contribution is 6.51. The van der Waals surface area contributed by atoms with E-state index in [0.717, 1.165) is 5.56 Å². The number of benzene rings is 3. The lowest BCUT2D eigenvalue weighted by Crippen LogP contribution is -2.29. The minimum atomic E-state index is -0.981. The van der Waals surface area contributed by atoms with Crippen LogP contribution in [0.5, 0.6) is 17.2 Å². The molecule has 0 radical (unpaired) electrons. The van der Waals surface area contributed by atoms with Gasteiger partial charge in [0.05, 0.1) is 30.4 Å². The summed E-state index contributed by atoms with van der Waals surface area (Å²) in [6.07, 6.45) is 0. The van der Waals surface area contributed by atoms with Crippen molar-refractivity contribution in [2.75, 3.05) is 18.6 Å². The van der Waals surface area contributed by atoms with Crippen molar-refractivity contribution >= 4 is 34.7 Å². The molecule has 1 unspecified atom stereocenters. The molecule has 192 valence electrons. The number of hydrogen-bond acceptors (Lipinski definition) is 6. The Kier molecular flexibility index (Phi) is 7.45. The third kappa shape index (κ3) is 4.87. The molecule has 0 aromatic heterocycles. The molecule has 7 nitrogen and oxygen atoms in total. The van der Waals surface area contributed by atoms with Crippen LogP contribution in [0.25, 0.3) is 5.76 Å². The number of Topliss-reactive ketones (excluding diaryl/α,β-unsaturated/α-hetero) is 1. The molecule has 37 heavy (non-hydrogen) atoms.